The number of nitrogens with one attached hydrogen (secondary N) is 2. The number of H-pyrrole nitrogens is 1. The Bertz CT molecular complexity index is 683. The Labute approximate surface area is 147 Å². The van der Waals surface area contributed by atoms with Crippen LogP contribution >= 0.6 is 12.4 Å². The van der Waals surface area contributed by atoms with Gasteiger partial charge in [0.1, 0.15) is 5.82 Å². The van der Waals surface area contributed by atoms with E-state index in [1.165, 1.54) is 6.07 Å². The Balaban J connectivity index is 0.00000208. The maximum Gasteiger partial charge on any atom is 0.256 e. The molecular weight excluding hydrogens is 331 g/mol. The largest absolute Gasteiger partial charge is 0.338 e. The van der Waals surface area contributed by atoms with Crippen molar-refractivity contribution in [3.8, 4) is 0 Å². The number of hydrogen-bond acceptors (Lipinski definition) is 3. The number of carbonyl (C=O) groups is 1. The van der Waals surface area contributed by atoms with Crippen LogP contribution < -0.4 is 5.32 Å². The van der Waals surface area contributed by atoms with E-state index in [-0.39, 0.29) is 23.9 Å². The smallest absolute Gasteiger partial charge is 0.256 e. The van der Waals surface area contributed by atoms with Crippen molar-refractivity contribution in [3.63, 3.8) is 0 Å². The Hall–Kier alpha value is -1.92. The van der Waals surface area contributed by atoms with E-state index >= 15 is 0 Å². The van der Waals surface area contributed by atoms with Gasteiger partial charge in [0.05, 0.1) is 11.8 Å². The molecule has 1 aromatic carbocycles. The first kappa shape index (κ1) is 18.4. The highest BCUT2D eigenvalue weighted by Gasteiger charge is 2.24. The van der Waals surface area contributed by atoms with Gasteiger partial charge in [-0.25, -0.2) is 4.39 Å². The summed E-state index contributed by atoms with van der Waals surface area (Å²) in [4.78, 5) is 14.1. The summed E-state index contributed by atoms with van der Waals surface area (Å²) < 4.78 is 13.7. The van der Waals surface area contributed by atoms with E-state index < -0.39 is 5.82 Å². The van der Waals surface area contributed by atoms with E-state index in [1.807, 2.05) is 13.1 Å². The molecule has 1 amide bonds. The van der Waals surface area contributed by atoms with E-state index in [1.54, 1.807) is 23.1 Å². The fourth-order valence-corrected chi connectivity index (χ4v) is 2.90. The summed E-state index contributed by atoms with van der Waals surface area (Å²) in [5.41, 5.74) is 2.40. The van der Waals surface area contributed by atoms with Gasteiger partial charge in [0.2, 0.25) is 0 Å². The fraction of sp³-hybridized carbons (Fsp3) is 0.412. The SMILES string of the molecule is Cc1[nH]ncc1CNC1CCN(C(=O)c2ccccc2F)CC1.Cl. The number of aromatic nitrogens is 2. The Morgan fingerprint density at radius 3 is 2.71 bits per heavy atom. The fourth-order valence-electron chi connectivity index (χ4n) is 2.90. The normalized spacial score (nSPS) is 15.2. The maximum absolute atomic E-state index is 13.7. The van der Waals surface area contributed by atoms with Crippen molar-refractivity contribution < 1.29 is 9.18 Å². The minimum atomic E-state index is -0.451. The number of likely N-dealkylation sites (tertiary alicyclic amines) is 1. The van der Waals surface area contributed by atoms with E-state index in [4.69, 9.17) is 0 Å². The number of piperidine rings is 1. The van der Waals surface area contributed by atoms with Gasteiger partial charge in [-0.2, -0.15) is 5.10 Å². The van der Waals surface area contributed by atoms with Gasteiger partial charge in [0.25, 0.3) is 5.91 Å². The molecule has 0 unspecified atom stereocenters. The molecule has 2 heterocycles. The molecule has 2 N–H and O–H groups in total. The lowest BCUT2D eigenvalue weighted by Gasteiger charge is -2.32. The molecule has 2 aromatic rings. The number of hydrogen-bond donors (Lipinski definition) is 2. The third-order valence-electron chi connectivity index (χ3n) is 4.40. The molecule has 0 bridgehead atoms. The lowest BCUT2D eigenvalue weighted by Crippen LogP contribution is -2.44. The number of aryl methyl sites for hydroxylation is 1. The highest BCUT2D eigenvalue weighted by molar-refractivity contribution is 5.94. The van der Waals surface area contributed by atoms with E-state index in [9.17, 15) is 9.18 Å². The summed E-state index contributed by atoms with van der Waals surface area (Å²) in [5.74, 6) is -0.666. The second-order valence-electron chi connectivity index (χ2n) is 5.95. The molecular formula is C17H22ClFN4O. The number of carbonyl (C=O) groups excluding carboxylic acids is 1. The highest BCUT2D eigenvalue weighted by atomic mass is 35.5. The molecule has 0 radical (unpaired) electrons. The van der Waals surface area contributed by atoms with Crippen LogP contribution in [0.15, 0.2) is 30.5 Å². The average Bonchev–Trinajstić information content (AvgIpc) is 2.98. The molecule has 3 rings (SSSR count). The number of benzene rings is 1. The first-order valence-corrected chi connectivity index (χ1v) is 7.91. The Morgan fingerprint density at radius 2 is 2.08 bits per heavy atom. The first-order chi connectivity index (χ1) is 11.1. The summed E-state index contributed by atoms with van der Waals surface area (Å²) in [6.45, 7) is 4.07. The van der Waals surface area contributed by atoms with Crippen LogP contribution in [0.4, 0.5) is 4.39 Å². The maximum atomic E-state index is 13.7. The quantitative estimate of drug-likeness (QED) is 0.889. The molecule has 1 aliphatic rings. The van der Waals surface area contributed by atoms with E-state index in [0.717, 1.165) is 30.6 Å². The molecule has 1 aliphatic heterocycles. The molecule has 0 saturated carbocycles. The first-order valence-electron chi connectivity index (χ1n) is 7.91. The monoisotopic (exact) mass is 352 g/mol. The van der Waals surface area contributed by atoms with Gasteiger partial charge in [-0.05, 0) is 31.9 Å². The molecule has 24 heavy (non-hydrogen) atoms. The van der Waals surface area contributed by atoms with Crippen molar-refractivity contribution in [1.29, 1.82) is 0 Å². The van der Waals surface area contributed by atoms with Crippen LogP contribution in [0, 0.1) is 12.7 Å². The van der Waals surface area contributed by atoms with Crippen molar-refractivity contribution in [2.75, 3.05) is 13.1 Å². The van der Waals surface area contributed by atoms with Gasteiger partial charge in [0.15, 0.2) is 0 Å². The third-order valence-corrected chi connectivity index (χ3v) is 4.40. The van der Waals surface area contributed by atoms with Crippen LogP contribution in [0.5, 0.6) is 0 Å². The summed E-state index contributed by atoms with van der Waals surface area (Å²) in [6, 6.07) is 6.53. The van der Waals surface area contributed by atoms with E-state index in [0.29, 0.717) is 19.1 Å². The molecule has 1 fully saturated rings. The average molecular weight is 353 g/mol. The van der Waals surface area contributed by atoms with Gasteiger partial charge < -0.3 is 10.2 Å². The summed E-state index contributed by atoms with van der Waals surface area (Å²) in [5, 5.41) is 10.4. The van der Waals surface area contributed by atoms with Gasteiger partial charge in [-0.15, -0.1) is 12.4 Å². The number of amides is 1. The van der Waals surface area contributed by atoms with Crippen molar-refractivity contribution in [2.24, 2.45) is 0 Å². The topological polar surface area (TPSA) is 61.0 Å². The Kier molecular flexibility index (Phi) is 6.34. The zero-order chi connectivity index (χ0) is 16.2. The molecule has 1 aromatic heterocycles. The Morgan fingerprint density at radius 1 is 1.38 bits per heavy atom. The van der Waals surface area contributed by atoms with Gasteiger partial charge >= 0.3 is 0 Å². The van der Waals surface area contributed by atoms with Crippen molar-refractivity contribution >= 4 is 18.3 Å². The highest BCUT2D eigenvalue weighted by Crippen LogP contribution is 2.16. The minimum absolute atomic E-state index is 0. The van der Waals surface area contributed by atoms with Gasteiger partial charge in [0, 0.05) is 36.9 Å². The molecule has 0 spiro atoms. The molecule has 0 aliphatic carbocycles. The predicted octanol–water partition coefficient (Wildman–Crippen LogP) is 2.67. The number of halogens is 2. The van der Waals surface area contributed by atoms with Crippen molar-refractivity contribution in [3.05, 3.63) is 53.1 Å². The summed E-state index contributed by atoms with van der Waals surface area (Å²) in [7, 11) is 0. The van der Waals surface area contributed by atoms with Crippen molar-refractivity contribution in [2.45, 2.75) is 32.4 Å². The van der Waals surface area contributed by atoms with Gasteiger partial charge in [-0.3, -0.25) is 9.89 Å². The van der Waals surface area contributed by atoms with Crippen LogP contribution in [0.2, 0.25) is 0 Å². The van der Waals surface area contributed by atoms with Crippen LogP contribution in [-0.2, 0) is 6.54 Å². The van der Waals surface area contributed by atoms with Gasteiger partial charge in [-0.1, -0.05) is 12.1 Å². The molecule has 130 valence electrons. The lowest BCUT2D eigenvalue weighted by atomic mass is 10.0. The van der Waals surface area contributed by atoms with E-state index in [2.05, 4.69) is 15.5 Å². The molecule has 1 saturated heterocycles. The predicted molar refractivity (Wildman–Crippen MR) is 92.7 cm³/mol. The molecule has 0 atom stereocenters. The second-order valence-corrected chi connectivity index (χ2v) is 5.95. The van der Waals surface area contributed by atoms with Crippen LogP contribution in [0.3, 0.4) is 0 Å². The zero-order valence-corrected chi connectivity index (χ0v) is 14.4. The second kappa shape index (κ2) is 8.26. The third kappa shape index (κ3) is 4.13. The summed E-state index contributed by atoms with van der Waals surface area (Å²) >= 11 is 0. The van der Waals surface area contributed by atoms with Crippen LogP contribution in [0.1, 0.15) is 34.5 Å². The summed E-state index contributed by atoms with van der Waals surface area (Å²) in [6.07, 6.45) is 3.58. The number of rotatable bonds is 4. The zero-order valence-electron chi connectivity index (χ0n) is 13.6. The molecule has 5 nitrogen and oxygen atoms in total. The van der Waals surface area contributed by atoms with Crippen LogP contribution in [0.25, 0.3) is 0 Å². The minimum Gasteiger partial charge on any atom is -0.338 e. The van der Waals surface area contributed by atoms with Crippen LogP contribution in [-0.4, -0.2) is 40.1 Å². The standard InChI is InChI=1S/C17H21FN4O.ClH/c1-12-13(11-20-21-12)10-19-14-6-8-22(9-7-14)17(23)15-4-2-3-5-16(15)18;/h2-5,11,14,19H,6-10H2,1H3,(H,20,21);1H. The van der Waals surface area contributed by atoms with Crippen molar-refractivity contribution in [1.82, 2.24) is 20.4 Å². The number of nitrogens with zero attached hydrogens (tertiary/aromatic N) is 2. The lowest BCUT2D eigenvalue weighted by molar-refractivity contribution is 0.0700. The number of aromatic amines is 1. The molecule has 7 heteroatoms.